The maximum absolute atomic E-state index is 11.5. The smallest absolute Gasteiger partial charge is 0.261 e. The number of nitrogens with one attached hydrogen (secondary N) is 1. The van der Waals surface area contributed by atoms with Gasteiger partial charge in [-0.2, -0.15) is 0 Å². The highest BCUT2D eigenvalue weighted by atomic mass is 35.7. The molecule has 1 amide bonds. The number of amides is 1. The highest BCUT2D eigenvalue weighted by molar-refractivity contribution is 8.13. The van der Waals surface area contributed by atoms with Crippen molar-refractivity contribution in [2.75, 3.05) is 6.61 Å². The highest BCUT2D eigenvalue weighted by Crippen LogP contribution is 2.28. The topological polar surface area (TPSA) is 72.5 Å². The molecule has 0 radical (unpaired) electrons. The van der Waals surface area contributed by atoms with Crippen LogP contribution in [0.3, 0.4) is 0 Å². The van der Waals surface area contributed by atoms with Gasteiger partial charge in [-0.1, -0.05) is 0 Å². The molecule has 1 aliphatic rings. The van der Waals surface area contributed by atoms with Gasteiger partial charge < -0.3 is 10.1 Å². The van der Waals surface area contributed by atoms with Gasteiger partial charge in [0.1, 0.15) is 5.75 Å². The monoisotopic (exact) mass is 331 g/mol. The molecule has 1 saturated carbocycles. The lowest BCUT2D eigenvalue weighted by Gasteiger charge is -2.12. The molecular weight excluding hydrogens is 314 g/mol. The van der Waals surface area contributed by atoms with Crippen LogP contribution in [0, 0.1) is 13.8 Å². The first-order valence-electron chi connectivity index (χ1n) is 6.75. The Morgan fingerprint density at radius 1 is 1.33 bits per heavy atom. The number of halogens is 1. The SMILES string of the molecule is Cc1cc(S(=O)(=O)Cl)c(C)cc1OCCC(=O)NC1CC1. The molecule has 0 saturated heterocycles. The lowest BCUT2D eigenvalue weighted by Crippen LogP contribution is -2.26. The molecule has 5 nitrogen and oxygen atoms in total. The van der Waals surface area contributed by atoms with E-state index >= 15 is 0 Å². The predicted molar refractivity (Wildman–Crippen MR) is 80.2 cm³/mol. The van der Waals surface area contributed by atoms with Gasteiger partial charge in [0.2, 0.25) is 5.91 Å². The molecule has 0 aromatic heterocycles. The third-order valence-electron chi connectivity index (χ3n) is 3.26. The Labute approximate surface area is 129 Å². The van der Waals surface area contributed by atoms with Crippen LogP contribution >= 0.6 is 10.7 Å². The van der Waals surface area contributed by atoms with E-state index in [4.69, 9.17) is 15.4 Å². The van der Waals surface area contributed by atoms with Crippen LogP contribution in [0.25, 0.3) is 0 Å². The van der Waals surface area contributed by atoms with Crippen LogP contribution in [0.4, 0.5) is 0 Å². The van der Waals surface area contributed by atoms with Gasteiger partial charge in [-0.15, -0.1) is 0 Å². The first-order valence-corrected chi connectivity index (χ1v) is 9.06. The van der Waals surface area contributed by atoms with Crippen LogP contribution in [0.2, 0.25) is 0 Å². The molecule has 1 N–H and O–H groups in total. The molecule has 0 aliphatic heterocycles. The van der Waals surface area contributed by atoms with Gasteiger partial charge in [0.05, 0.1) is 17.9 Å². The molecule has 0 spiro atoms. The zero-order chi connectivity index (χ0) is 15.6. The van der Waals surface area contributed by atoms with E-state index in [0.717, 1.165) is 12.8 Å². The number of hydrogen-bond donors (Lipinski definition) is 1. The van der Waals surface area contributed by atoms with E-state index in [0.29, 0.717) is 22.9 Å². The zero-order valence-corrected chi connectivity index (χ0v) is 13.6. The van der Waals surface area contributed by atoms with Gasteiger partial charge in [-0.25, -0.2) is 8.42 Å². The molecule has 116 valence electrons. The summed E-state index contributed by atoms with van der Waals surface area (Å²) >= 11 is 0. The molecule has 7 heteroatoms. The van der Waals surface area contributed by atoms with Crippen molar-refractivity contribution in [3.05, 3.63) is 23.3 Å². The van der Waals surface area contributed by atoms with Crippen molar-refractivity contribution < 1.29 is 17.9 Å². The van der Waals surface area contributed by atoms with Crippen molar-refractivity contribution in [2.24, 2.45) is 0 Å². The Bertz CT molecular complexity index is 653. The van der Waals surface area contributed by atoms with Crippen LogP contribution in [-0.4, -0.2) is 27.0 Å². The first-order chi connectivity index (χ1) is 9.77. The molecule has 0 bridgehead atoms. The van der Waals surface area contributed by atoms with Gasteiger partial charge in [-0.05, 0) is 49.9 Å². The fraction of sp³-hybridized carbons (Fsp3) is 0.500. The van der Waals surface area contributed by atoms with Crippen LogP contribution in [-0.2, 0) is 13.8 Å². The van der Waals surface area contributed by atoms with Crippen LogP contribution in [0.5, 0.6) is 5.75 Å². The van der Waals surface area contributed by atoms with Crippen molar-refractivity contribution in [2.45, 2.75) is 44.0 Å². The van der Waals surface area contributed by atoms with Crippen molar-refractivity contribution in [1.29, 1.82) is 0 Å². The normalized spacial score (nSPS) is 14.8. The van der Waals surface area contributed by atoms with Gasteiger partial charge in [-0.3, -0.25) is 4.79 Å². The number of aryl methyl sites for hydroxylation is 2. The minimum Gasteiger partial charge on any atom is -0.493 e. The molecule has 0 unspecified atom stereocenters. The maximum atomic E-state index is 11.5. The molecule has 0 heterocycles. The first kappa shape index (κ1) is 16.1. The minimum atomic E-state index is -3.76. The second kappa shape index (κ2) is 6.23. The van der Waals surface area contributed by atoms with E-state index in [2.05, 4.69) is 5.32 Å². The summed E-state index contributed by atoms with van der Waals surface area (Å²) in [5.74, 6) is 0.544. The fourth-order valence-electron chi connectivity index (χ4n) is 1.96. The molecule has 0 atom stereocenters. The number of ether oxygens (including phenoxy) is 1. The van der Waals surface area contributed by atoms with Crippen molar-refractivity contribution in [1.82, 2.24) is 5.32 Å². The van der Waals surface area contributed by atoms with E-state index in [-0.39, 0.29) is 23.8 Å². The summed E-state index contributed by atoms with van der Waals surface area (Å²) in [6.45, 7) is 3.65. The number of carbonyl (C=O) groups is 1. The summed E-state index contributed by atoms with van der Waals surface area (Å²) in [6.07, 6.45) is 2.39. The van der Waals surface area contributed by atoms with Crippen molar-refractivity contribution >= 4 is 25.6 Å². The van der Waals surface area contributed by atoms with Gasteiger partial charge in [0, 0.05) is 16.7 Å². The third-order valence-corrected chi connectivity index (χ3v) is 4.73. The van der Waals surface area contributed by atoms with Crippen LogP contribution < -0.4 is 10.1 Å². The quantitative estimate of drug-likeness (QED) is 0.812. The number of benzene rings is 1. The Hall–Kier alpha value is -1.27. The molecule has 1 aliphatic carbocycles. The van der Waals surface area contributed by atoms with Crippen LogP contribution in [0.15, 0.2) is 17.0 Å². The lowest BCUT2D eigenvalue weighted by atomic mass is 10.1. The number of hydrogen-bond acceptors (Lipinski definition) is 4. The van der Waals surface area contributed by atoms with E-state index in [1.165, 1.54) is 6.07 Å². The standard InChI is InChI=1S/C14H18ClNO4S/c1-9-8-13(21(15,18)19)10(2)7-12(9)20-6-5-14(17)16-11-3-4-11/h7-8,11H,3-6H2,1-2H3,(H,16,17). The molecule has 2 rings (SSSR count). The Morgan fingerprint density at radius 3 is 2.57 bits per heavy atom. The van der Waals surface area contributed by atoms with Crippen LogP contribution in [0.1, 0.15) is 30.4 Å². The van der Waals surface area contributed by atoms with E-state index in [9.17, 15) is 13.2 Å². The number of carbonyl (C=O) groups excluding carboxylic acids is 1. The van der Waals surface area contributed by atoms with Crippen molar-refractivity contribution in [3.8, 4) is 5.75 Å². The minimum absolute atomic E-state index is 0.0215. The van der Waals surface area contributed by atoms with Gasteiger partial charge >= 0.3 is 0 Å². The van der Waals surface area contributed by atoms with E-state index in [1.54, 1.807) is 19.9 Å². The molecule has 1 aromatic carbocycles. The highest BCUT2D eigenvalue weighted by Gasteiger charge is 2.23. The largest absolute Gasteiger partial charge is 0.493 e. The average Bonchev–Trinajstić information content (AvgIpc) is 3.15. The average molecular weight is 332 g/mol. The van der Waals surface area contributed by atoms with E-state index < -0.39 is 9.05 Å². The summed E-state index contributed by atoms with van der Waals surface area (Å²) in [7, 11) is 1.61. The second-order valence-corrected chi connectivity index (χ2v) is 7.80. The van der Waals surface area contributed by atoms with Gasteiger partial charge in [0.15, 0.2) is 0 Å². The Kier molecular flexibility index (Phi) is 4.78. The summed E-state index contributed by atoms with van der Waals surface area (Å²) in [5.41, 5.74) is 1.19. The molecule has 1 aromatic rings. The number of rotatable bonds is 6. The zero-order valence-electron chi connectivity index (χ0n) is 12.0. The summed E-state index contributed by atoms with van der Waals surface area (Å²) in [4.78, 5) is 11.6. The summed E-state index contributed by atoms with van der Waals surface area (Å²) in [6, 6.07) is 3.45. The lowest BCUT2D eigenvalue weighted by molar-refractivity contribution is -0.121. The maximum Gasteiger partial charge on any atom is 0.261 e. The third kappa shape index (κ3) is 4.61. The summed E-state index contributed by atoms with van der Waals surface area (Å²) < 4.78 is 28.4. The van der Waals surface area contributed by atoms with Gasteiger partial charge in [0.25, 0.3) is 9.05 Å². The Balaban J connectivity index is 1.97. The molecule has 21 heavy (non-hydrogen) atoms. The van der Waals surface area contributed by atoms with E-state index in [1.807, 2.05) is 0 Å². The molecule has 1 fully saturated rings. The summed E-state index contributed by atoms with van der Waals surface area (Å²) in [5, 5.41) is 2.88. The fourth-order valence-corrected chi connectivity index (χ4v) is 3.22. The molecular formula is C14H18ClNO4S. The predicted octanol–water partition coefficient (Wildman–Crippen LogP) is 2.28. The Morgan fingerprint density at radius 2 is 2.00 bits per heavy atom. The second-order valence-electron chi connectivity index (χ2n) is 5.26. The van der Waals surface area contributed by atoms with Crippen molar-refractivity contribution in [3.63, 3.8) is 0 Å².